The van der Waals surface area contributed by atoms with Crippen molar-refractivity contribution in [2.45, 2.75) is 31.1 Å². The van der Waals surface area contributed by atoms with Crippen molar-refractivity contribution in [2.24, 2.45) is 0 Å². The molecule has 0 unspecified atom stereocenters. The zero-order valence-electron chi connectivity index (χ0n) is 15.7. The van der Waals surface area contributed by atoms with Crippen LogP contribution in [0.25, 0.3) is 0 Å². The number of anilines is 3. The summed E-state index contributed by atoms with van der Waals surface area (Å²) in [6.07, 6.45) is -3.43. The summed E-state index contributed by atoms with van der Waals surface area (Å²) in [6.45, 7) is 0.424. The van der Waals surface area contributed by atoms with Crippen molar-refractivity contribution in [3.05, 3.63) is 53.6 Å². The van der Waals surface area contributed by atoms with E-state index in [4.69, 9.17) is 0 Å². The van der Waals surface area contributed by atoms with E-state index in [2.05, 4.69) is 10.2 Å². The standard InChI is InChI=1S/C21H20F3N3O2/c1-26-16-7-3-2-6-15(16)18-11-14(25-20(29)21(22,23)24)9-10-27(18)19-13(12-28)5-4-8-17(19)26/h2-8,12,14,18H,9-11H2,1H3,(H,25,29)/t14-,18-/m0/s1. The molecule has 2 atom stereocenters. The predicted molar refractivity (Wildman–Crippen MR) is 104 cm³/mol. The predicted octanol–water partition coefficient (Wildman–Crippen LogP) is 3.97. The topological polar surface area (TPSA) is 52.7 Å². The molecule has 5 nitrogen and oxygen atoms in total. The van der Waals surface area contributed by atoms with E-state index < -0.39 is 18.1 Å². The van der Waals surface area contributed by atoms with E-state index in [0.717, 1.165) is 28.9 Å². The molecule has 2 aliphatic rings. The van der Waals surface area contributed by atoms with Gasteiger partial charge in [0, 0.05) is 30.9 Å². The van der Waals surface area contributed by atoms with Crippen LogP contribution < -0.4 is 15.1 Å². The molecular weight excluding hydrogens is 383 g/mol. The highest BCUT2D eigenvalue weighted by molar-refractivity contribution is 5.94. The van der Waals surface area contributed by atoms with Crippen LogP contribution in [0.15, 0.2) is 42.5 Å². The Balaban J connectivity index is 1.78. The Hall–Kier alpha value is -3.03. The quantitative estimate of drug-likeness (QED) is 0.771. The molecule has 1 fully saturated rings. The van der Waals surface area contributed by atoms with E-state index in [1.54, 1.807) is 6.07 Å². The van der Waals surface area contributed by atoms with Gasteiger partial charge < -0.3 is 15.1 Å². The van der Waals surface area contributed by atoms with Crippen molar-refractivity contribution in [1.29, 1.82) is 0 Å². The van der Waals surface area contributed by atoms with Gasteiger partial charge in [0.15, 0.2) is 6.29 Å². The van der Waals surface area contributed by atoms with Gasteiger partial charge in [-0.15, -0.1) is 0 Å². The van der Waals surface area contributed by atoms with Crippen LogP contribution in [0.3, 0.4) is 0 Å². The van der Waals surface area contributed by atoms with Gasteiger partial charge in [0.05, 0.1) is 17.4 Å². The second-order valence-corrected chi connectivity index (χ2v) is 7.35. The van der Waals surface area contributed by atoms with Crippen LogP contribution in [0.1, 0.15) is 34.8 Å². The third-order valence-corrected chi connectivity index (χ3v) is 5.67. The van der Waals surface area contributed by atoms with E-state index in [1.807, 2.05) is 48.3 Å². The SMILES string of the molecule is CN1c2ccccc2[C@@H]2C[C@@H](NC(=O)C(F)(F)F)CCN2c2c(C=O)cccc21. The lowest BCUT2D eigenvalue weighted by Crippen LogP contribution is -2.49. The second-order valence-electron chi connectivity index (χ2n) is 7.35. The summed E-state index contributed by atoms with van der Waals surface area (Å²) in [5.74, 6) is -1.91. The van der Waals surface area contributed by atoms with Crippen molar-refractivity contribution in [3.8, 4) is 0 Å². The minimum atomic E-state index is -4.91. The third kappa shape index (κ3) is 3.32. The van der Waals surface area contributed by atoms with Crippen molar-refractivity contribution < 1.29 is 22.8 Å². The zero-order chi connectivity index (χ0) is 20.8. The number of para-hydroxylation sites is 2. The maximum absolute atomic E-state index is 12.7. The first-order chi connectivity index (χ1) is 13.8. The molecule has 152 valence electrons. The van der Waals surface area contributed by atoms with E-state index in [1.165, 1.54) is 0 Å². The number of hydrogen-bond acceptors (Lipinski definition) is 4. The van der Waals surface area contributed by atoms with Crippen LogP contribution in [0.4, 0.5) is 30.2 Å². The fraction of sp³-hybridized carbons (Fsp3) is 0.333. The molecule has 1 N–H and O–H groups in total. The number of alkyl halides is 3. The number of fused-ring (bicyclic) bond motifs is 5. The normalized spacial score (nSPS) is 20.8. The fourth-order valence-corrected chi connectivity index (χ4v) is 4.36. The average Bonchev–Trinajstić information content (AvgIpc) is 2.81. The molecule has 0 saturated carbocycles. The second kappa shape index (κ2) is 7.09. The molecular formula is C21H20F3N3O2. The number of benzene rings is 2. The number of hydrogen-bond donors (Lipinski definition) is 1. The molecule has 2 aromatic carbocycles. The third-order valence-electron chi connectivity index (χ3n) is 5.67. The van der Waals surface area contributed by atoms with Crippen molar-refractivity contribution >= 4 is 29.3 Å². The van der Waals surface area contributed by atoms with Crippen molar-refractivity contribution in [3.63, 3.8) is 0 Å². The maximum Gasteiger partial charge on any atom is 0.471 e. The lowest BCUT2D eigenvalue weighted by atomic mass is 9.90. The first-order valence-corrected chi connectivity index (χ1v) is 9.36. The average molecular weight is 403 g/mol. The lowest BCUT2D eigenvalue weighted by Gasteiger charge is -2.41. The highest BCUT2D eigenvalue weighted by atomic mass is 19.4. The minimum absolute atomic E-state index is 0.261. The molecule has 29 heavy (non-hydrogen) atoms. The highest BCUT2D eigenvalue weighted by Crippen LogP contribution is 2.48. The summed E-state index contributed by atoms with van der Waals surface area (Å²) in [5, 5.41) is 2.13. The Bertz CT molecular complexity index is 960. The first kappa shape index (κ1) is 19.3. The Morgan fingerprint density at radius 3 is 2.59 bits per heavy atom. The zero-order valence-corrected chi connectivity index (χ0v) is 15.7. The summed E-state index contributed by atoms with van der Waals surface area (Å²) in [5.41, 5.74) is 4.04. The van der Waals surface area contributed by atoms with E-state index in [0.29, 0.717) is 24.9 Å². The summed E-state index contributed by atoms with van der Waals surface area (Å²) >= 11 is 0. The lowest BCUT2D eigenvalue weighted by molar-refractivity contribution is -0.174. The van der Waals surface area contributed by atoms with Gasteiger partial charge in [-0.2, -0.15) is 13.2 Å². The van der Waals surface area contributed by atoms with Gasteiger partial charge >= 0.3 is 12.1 Å². The van der Waals surface area contributed by atoms with Gasteiger partial charge in [-0.05, 0) is 36.6 Å². The Morgan fingerprint density at radius 2 is 1.86 bits per heavy atom. The molecule has 1 amide bonds. The van der Waals surface area contributed by atoms with Crippen molar-refractivity contribution in [1.82, 2.24) is 5.32 Å². The fourth-order valence-electron chi connectivity index (χ4n) is 4.36. The van der Waals surface area contributed by atoms with E-state index >= 15 is 0 Å². The van der Waals surface area contributed by atoms with Crippen LogP contribution in [0.5, 0.6) is 0 Å². The number of nitrogens with zero attached hydrogens (tertiary/aromatic N) is 2. The number of aldehydes is 1. The summed E-state index contributed by atoms with van der Waals surface area (Å²) in [7, 11) is 1.91. The van der Waals surface area contributed by atoms with Crippen LogP contribution in [0, 0.1) is 0 Å². The molecule has 0 aromatic heterocycles. The molecule has 2 aromatic rings. The summed E-state index contributed by atoms with van der Waals surface area (Å²) in [4.78, 5) is 27.3. The Labute approximate surface area is 166 Å². The molecule has 0 aliphatic carbocycles. The first-order valence-electron chi connectivity index (χ1n) is 9.36. The Morgan fingerprint density at radius 1 is 1.14 bits per heavy atom. The maximum atomic E-state index is 12.7. The number of carbonyl (C=O) groups excluding carboxylic acids is 2. The number of amides is 1. The minimum Gasteiger partial charge on any atom is -0.362 e. The van der Waals surface area contributed by atoms with Gasteiger partial charge in [-0.25, -0.2) is 0 Å². The number of piperidine rings is 1. The molecule has 2 aliphatic heterocycles. The summed E-state index contributed by atoms with van der Waals surface area (Å²) < 4.78 is 38.2. The van der Waals surface area contributed by atoms with Crippen LogP contribution in [-0.2, 0) is 4.79 Å². The Kier molecular flexibility index (Phi) is 4.72. The number of halogens is 3. The van der Waals surface area contributed by atoms with E-state index in [-0.39, 0.29) is 6.04 Å². The molecule has 0 radical (unpaired) electrons. The van der Waals surface area contributed by atoms with E-state index in [9.17, 15) is 22.8 Å². The smallest absolute Gasteiger partial charge is 0.362 e. The molecule has 4 rings (SSSR count). The van der Waals surface area contributed by atoms with Gasteiger partial charge in [0.1, 0.15) is 0 Å². The molecule has 1 saturated heterocycles. The van der Waals surface area contributed by atoms with Crippen molar-refractivity contribution in [2.75, 3.05) is 23.4 Å². The number of carbonyl (C=O) groups is 2. The monoisotopic (exact) mass is 403 g/mol. The molecule has 0 spiro atoms. The highest BCUT2D eigenvalue weighted by Gasteiger charge is 2.42. The number of rotatable bonds is 2. The largest absolute Gasteiger partial charge is 0.471 e. The summed E-state index contributed by atoms with van der Waals surface area (Å²) in [6, 6.07) is 12.3. The van der Waals surface area contributed by atoms with Crippen LogP contribution >= 0.6 is 0 Å². The van der Waals surface area contributed by atoms with Gasteiger partial charge in [0.25, 0.3) is 0 Å². The molecule has 0 bridgehead atoms. The van der Waals surface area contributed by atoms with Gasteiger partial charge in [0.2, 0.25) is 0 Å². The number of nitrogens with one attached hydrogen (secondary N) is 1. The molecule has 2 heterocycles. The van der Waals surface area contributed by atoms with Crippen LogP contribution in [-0.4, -0.2) is 38.0 Å². The van der Waals surface area contributed by atoms with Gasteiger partial charge in [-0.3, -0.25) is 9.59 Å². The molecule has 8 heteroatoms. The van der Waals surface area contributed by atoms with Gasteiger partial charge in [-0.1, -0.05) is 24.3 Å². The van der Waals surface area contributed by atoms with Crippen LogP contribution in [0.2, 0.25) is 0 Å².